The van der Waals surface area contributed by atoms with Gasteiger partial charge in [-0.25, -0.2) is 0 Å². The summed E-state index contributed by atoms with van der Waals surface area (Å²) in [6.45, 7) is 5.12. The number of aryl methyl sites for hydroxylation is 1. The van der Waals surface area contributed by atoms with Crippen LogP contribution in [0.25, 0.3) is 5.76 Å². The summed E-state index contributed by atoms with van der Waals surface area (Å²) in [5, 5.41) is 11.3. The lowest BCUT2D eigenvalue weighted by atomic mass is 9.94. The standard InChI is InChI=1S/C28H25NO6/c1-3-33-21-11-9-19(15-17(21)2)26(30)24-25(18-7-5-4-6-8-18)29(28(32)27(24)31)20-10-12-22-23(16-20)35-14-13-34-22/h4-12,15-16,25,30H,3,13-14H2,1-2H3/b26-24+. The van der Waals surface area contributed by atoms with Crippen molar-refractivity contribution in [2.75, 3.05) is 24.7 Å². The normalized spacial score (nSPS) is 18.6. The number of aliphatic hydroxyl groups is 1. The van der Waals surface area contributed by atoms with Crippen LogP contribution in [0.4, 0.5) is 5.69 Å². The van der Waals surface area contributed by atoms with Gasteiger partial charge in [0.2, 0.25) is 0 Å². The zero-order valence-electron chi connectivity index (χ0n) is 19.5. The smallest absolute Gasteiger partial charge is 0.300 e. The van der Waals surface area contributed by atoms with Crippen molar-refractivity contribution in [3.8, 4) is 17.2 Å². The maximum absolute atomic E-state index is 13.3. The van der Waals surface area contributed by atoms with Crippen molar-refractivity contribution >= 4 is 23.1 Å². The Labute approximate surface area is 203 Å². The Bertz CT molecular complexity index is 1330. The number of rotatable bonds is 5. The molecule has 35 heavy (non-hydrogen) atoms. The Morgan fingerprint density at radius 2 is 1.74 bits per heavy atom. The van der Waals surface area contributed by atoms with Crippen LogP contribution in [0.3, 0.4) is 0 Å². The number of hydrogen-bond donors (Lipinski definition) is 1. The summed E-state index contributed by atoms with van der Waals surface area (Å²) in [6.07, 6.45) is 0. The molecule has 1 amide bonds. The summed E-state index contributed by atoms with van der Waals surface area (Å²) in [5.74, 6) is 0.0728. The SMILES string of the molecule is CCOc1ccc(/C(O)=C2\C(=O)C(=O)N(c3ccc4c(c3)OCCO4)C2c2ccccc2)cc1C. The first-order valence-electron chi connectivity index (χ1n) is 11.5. The molecule has 178 valence electrons. The van der Waals surface area contributed by atoms with Crippen LogP contribution in [0.2, 0.25) is 0 Å². The molecule has 5 rings (SSSR count). The van der Waals surface area contributed by atoms with Crippen LogP contribution in [-0.4, -0.2) is 36.6 Å². The predicted octanol–water partition coefficient (Wildman–Crippen LogP) is 4.79. The fourth-order valence-corrected chi connectivity index (χ4v) is 4.50. The Hall–Kier alpha value is -4.26. The molecule has 0 spiro atoms. The van der Waals surface area contributed by atoms with Crippen molar-refractivity contribution in [1.82, 2.24) is 0 Å². The second-order valence-corrected chi connectivity index (χ2v) is 8.32. The summed E-state index contributed by atoms with van der Waals surface area (Å²) >= 11 is 0. The van der Waals surface area contributed by atoms with E-state index in [1.165, 1.54) is 4.90 Å². The van der Waals surface area contributed by atoms with Gasteiger partial charge in [-0.2, -0.15) is 0 Å². The van der Waals surface area contributed by atoms with Crippen molar-refractivity contribution in [2.45, 2.75) is 19.9 Å². The quantitative estimate of drug-likeness (QED) is 0.327. The molecule has 2 heterocycles. The van der Waals surface area contributed by atoms with Gasteiger partial charge in [0.25, 0.3) is 11.7 Å². The lowest BCUT2D eigenvalue weighted by Gasteiger charge is -2.27. The van der Waals surface area contributed by atoms with Crippen molar-refractivity contribution < 1.29 is 28.9 Å². The molecule has 1 N–H and O–H groups in total. The minimum atomic E-state index is -0.814. The van der Waals surface area contributed by atoms with Gasteiger partial charge < -0.3 is 19.3 Å². The van der Waals surface area contributed by atoms with Gasteiger partial charge in [-0.3, -0.25) is 14.5 Å². The van der Waals surface area contributed by atoms with Crippen molar-refractivity contribution in [2.24, 2.45) is 0 Å². The Balaban J connectivity index is 1.66. The first kappa shape index (κ1) is 22.5. The number of Topliss-reactive ketones (excluding diaryl/α,β-unsaturated/α-hetero) is 1. The molecule has 2 aliphatic heterocycles. The van der Waals surface area contributed by atoms with Gasteiger partial charge in [0.1, 0.15) is 24.7 Å². The first-order valence-corrected chi connectivity index (χ1v) is 11.5. The third-order valence-electron chi connectivity index (χ3n) is 6.11. The minimum Gasteiger partial charge on any atom is -0.507 e. The van der Waals surface area contributed by atoms with Gasteiger partial charge in [-0.05, 0) is 55.3 Å². The van der Waals surface area contributed by atoms with Crippen molar-refractivity contribution in [3.63, 3.8) is 0 Å². The van der Waals surface area contributed by atoms with Gasteiger partial charge >= 0.3 is 0 Å². The topological polar surface area (TPSA) is 85.3 Å². The predicted molar refractivity (Wildman–Crippen MR) is 131 cm³/mol. The van der Waals surface area contributed by atoms with Gasteiger partial charge in [0.05, 0.1) is 18.2 Å². The van der Waals surface area contributed by atoms with E-state index in [2.05, 4.69) is 0 Å². The van der Waals surface area contributed by atoms with Crippen LogP contribution in [0.5, 0.6) is 17.2 Å². The van der Waals surface area contributed by atoms with E-state index in [4.69, 9.17) is 14.2 Å². The number of carbonyl (C=O) groups is 2. The Morgan fingerprint density at radius 1 is 1.00 bits per heavy atom. The lowest BCUT2D eigenvalue weighted by molar-refractivity contribution is -0.132. The van der Waals surface area contributed by atoms with Crippen LogP contribution in [0, 0.1) is 6.92 Å². The molecule has 1 saturated heterocycles. The zero-order chi connectivity index (χ0) is 24.5. The molecule has 0 bridgehead atoms. The number of carbonyl (C=O) groups excluding carboxylic acids is 2. The molecular weight excluding hydrogens is 446 g/mol. The Morgan fingerprint density at radius 3 is 2.46 bits per heavy atom. The number of hydrogen-bond acceptors (Lipinski definition) is 6. The summed E-state index contributed by atoms with van der Waals surface area (Å²) in [7, 11) is 0. The van der Waals surface area contributed by atoms with Gasteiger partial charge in [0.15, 0.2) is 11.5 Å². The highest BCUT2D eigenvalue weighted by Crippen LogP contribution is 2.44. The number of amides is 1. The molecule has 3 aromatic carbocycles. The minimum absolute atomic E-state index is 0.0275. The molecule has 7 nitrogen and oxygen atoms in total. The highest BCUT2D eigenvalue weighted by molar-refractivity contribution is 6.51. The number of anilines is 1. The summed E-state index contributed by atoms with van der Waals surface area (Å²) < 4.78 is 16.9. The molecule has 1 atom stereocenters. The number of aliphatic hydroxyl groups excluding tert-OH is 1. The van der Waals surface area contributed by atoms with Crippen LogP contribution in [0.15, 0.2) is 72.3 Å². The second-order valence-electron chi connectivity index (χ2n) is 8.32. The highest BCUT2D eigenvalue weighted by atomic mass is 16.6. The van der Waals surface area contributed by atoms with Crippen LogP contribution >= 0.6 is 0 Å². The second kappa shape index (κ2) is 9.18. The average molecular weight is 472 g/mol. The fourth-order valence-electron chi connectivity index (χ4n) is 4.50. The van der Waals surface area contributed by atoms with E-state index in [0.29, 0.717) is 53.9 Å². The lowest BCUT2D eigenvalue weighted by Crippen LogP contribution is -2.29. The number of fused-ring (bicyclic) bond motifs is 1. The number of nitrogens with zero attached hydrogens (tertiary/aromatic N) is 1. The third-order valence-corrected chi connectivity index (χ3v) is 6.11. The Kier molecular flexibility index (Phi) is 5.91. The van der Waals surface area contributed by atoms with Crippen LogP contribution in [-0.2, 0) is 9.59 Å². The summed E-state index contributed by atoms with van der Waals surface area (Å²) in [4.78, 5) is 28.1. The third kappa shape index (κ3) is 3.99. The molecule has 7 heteroatoms. The molecule has 1 fully saturated rings. The maximum Gasteiger partial charge on any atom is 0.300 e. The molecule has 1 unspecified atom stereocenters. The fraction of sp³-hybridized carbons (Fsp3) is 0.214. The van der Waals surface area contributed by atoms with E-state index in [9.17, 15) is 14.7 Å². The van der Waals surface area contributed by atoms with E-state index in [1.807, 2.05) is 44.2 Å². The molecular formula is C28H25NO6. The molecule has 3 aromatic rings. The van der Waals surface area contributed by atoms with E-state index >= 15 is 0 Å². The van der Waals surface area contributed by atoms with Crippen molar-refractivity contribution in [1.29, 1.82) is 0 Å². The summed E-state index contributed by atoms with van der Waals surface area (Å²) in [6, 6.07) is 18.7. The molecule has 0 saturated carbocycles. The van der Waals surface area contributed by atoms with Gasteiger partial charge in [-0.15, -0.1) is 0 Å². The van der Waals surface area contributed by atoms with E-state index < -0.39 is 17.7 Å². The highest BCUT2D eigenvalue weighted by Gasteiger charge is 2.47. The molecule has 0 aliphatic carbocycles. The average Bonchev–Trinajstić information content (AvgIpc) is 3.15. The molecule has 0 radical (unpaired) electrons. The number of ketones is 1. The van der Waals surface area contributed by atoms with Crippen LogP contribution < -0.4 is 19.1 Å². The summed E-state index contributed by atoms with van der Waals surface area (Å²) in [5.41, 5.74) is 2.46. The van der Waals surface area contributed by atoms with E-state index in [0.717, 1.165) is 5.56 Å². The number of ether oxygens (including phenoxy) is 3. The number of benzene rings is 3. The zero-order valence-corrected chi connectivity index (χ0v) is 19.5. The van der Waals surface area contributed by atoms with Gasteiger partial charge in [-0.1, -0.05) is 30.3 Å². The van der Waals surface area contributed by atoms with E-state index in [1.54, 1.807) is 36.4 Å². The molecule has 2 aliphatic rings. The largest absolute Gasteiger partial charge is 0.507 e. The van der Waals surface area contributed by atoms with Crippen LogP contribution in [0.1, 0.15) is 29.7 Å². The van der Waals surface area contributed by atoms with Gasteiger partial charge in [0, 0.05) is 17.3 Å². The van der Waals surface area contributed by atoms with E-state index in [-0.39, 0.29) is 11.3 Å². The molecule has 0 aromatic heterocycles. The van der Waals surface area contributed by atoms with Crippen molar-refractivity contribution in [3.05, 3.63) is 89.0 Å². The monoisotopic (exact) mass is 471 g/mol. The first-order chi connectivity index (χ1) is 17.0. The maximum atomic E-state index is 13.3.